The molecule has 4 rings (SSSR count). The van der Waals surface area contributed by atoms with E-state index in [0.717, 1.165) is 47.4 Å². The molecule has 1 unspecified atom stereocenters. The summed E-state index contributed by atoms with van der Waals surface area (Å²) in [6, 6.07) is 24.7. The lowest BCUT2D eigenvalue weighted by molar-refractivity contribution is -0.140. The van der Waals surface area contributed by atoms with Crippen molar-refractivity contribution in [1.29, 1.82) is 0 Å². The van der Waals surface area contributed by atoms with Crippen molar-refractivity contribution >= 4 is 39.1 Å². The van der Waals surface area contributed by atoms with E-state index in [9.17, 15) is 18.0 Å². The molecule has 9 heteroatoms. The van der Waals surface area contributed by atoms with Crippen LogP contribution in [0.2, 0.25) is 5.02 Å². The van der Waals surface area contributed by atoms with Crippen molar-refractivity contribution in [3.63, 3.8) is 0 Å². The van der Waals surface area contributed by atoms with Crippen LogP contribution < -0.4 is 9.62 Å². The number of carbonyl (C=O) groups excluding carboxylic acids is 2. The second-order valence-electron chi connectivity index (χ2n) is 9.92. The van der Waals surface area contributed by atoms with Crippen molar-refractivity contribution in [1.82, 2.24) is 10.2 Å². The smallest absolute Gasteiger partial charge is 0.244 e. The van der Waals surface area contributed by atoms with Crippen LogP contribution >= 0.6 is 11.6 Å². The zero-order chi connectivity index (χ0) is 27.8. The number of amides is 2. The molecule has 0 radical (unpaired) electrons. The highest BCUT2D eigenvalue weighted by Gasteiger charge is 2.34. The van der Waals surface area contributed by atoms with E-state index in [2.05, 4.69) is 5.32 Å². The van der Waals surface area contributed by atoms with Gasteiger partial charge in [0.25, 0.3) is 0 Å². The Kier molecular flexibility index (Phi) is 9.64. The van der Waals surface area contributed by atoms with Crippen LogP contribution in [0.5, 0.6) is 0 Å². The van der Waals surface area contributed by atoms with Crippen molar-refractivity contribution in [2.75, 3.05) is 17.1 Å². The highest BCUT2D eigenvalue weighted by atomic mass is 35.5. The molecule has 0 bridgehead atoms. The minimum atomic E-state index is -3.86. The third kappa shape index (κ3) is 7.83. The molecule has 0 saturated heterocycles. The van der Waals surface area contributed by atoms with Crippen LogP contribution in [0.25, 0.3) is 0 Å². The van der Waals surface area contributed by atoms with Gasteiger partial charge >= 0.3 is 0 Å². The first-order chi connectivity index (χ1) is 18.7. The third-order valence-corrected chi connectivity index (χ3v) is 8.41. The predicted octanol–water partition coefficient (Wildman–Crippen LogP) is 4.80. The number of carbonyl (C=O) groups is 2. The molecule has 7 nitrogen and oxygen atoms in total. The number of nitrogens with one attached hydrogen (secondary N) is 1. The van der Waals surface area contributed by atoms with E-state index in [1.807, 2.05) is 60.7 Å². The molecule has 0 spiro atoms. The molecule has 1 N–H and O–H groups in total. The molecule has 1 fully saturated rings. The van der Waals surface area contributed by atoms with Crippen molar-refractivity contribution in [2.24, 2.45) is 0 Å². The van der Waals surface area contributed by atoms with Gasteiger partial charge in [-0.15, -0.1) is 0 Å². The Balaban J connectivity index is 1.71. The summed E-state index contributed by atoms with van der Waals surface area (Å²) in [6.07, 6.45) is 5.27. The monoisotopic (exact) mass is 567 g/mol. The fraction of sp³-hybridized carbons (Fsp3) is 0.333. The first kappa shape index (κ1) is 28.6. The third-order valence-electron chi connectivity index (χ3n) is 6.97. The van der Waals surface area contributed by atoms with Crippen LogP contribution in [-0.2, 0) is 32.6 Å². The lowest BCUT2D eigenvalue weighted by atomic mass is 10.0. The van der Waals surface area contributed by atoms with Gasteiger partial charge in [-0.3, -0.25) is 13.9 Å². The van der Waals surface area contributed by atoms with Crippen LogP contribution in [0, 0.1) is 0 Å². The Morgan fingerprint density at radius 2 is 1.46 bits per heavy atom. The molecule has 1 atom stereocenters. The summed E-state index contributed by atoms with van der Waals surface area (Å²) in [5, 5.41) is 3.37. The average Bonchev–Trinajstić information content (AvgIpc) is 3.43. The minimum Gasteiger partial charge on any atom is -0.352 e. The molecule has 3 aromatic rings. The van der Waals surface area contributed by atoms with Gasteiger partial charge < -0.3 is 10.2 Å². The molecule has 0 heterocycles. The second-order valence-corrected chi connectivity index (χ2v) is 12.2. The topological polar surface area (TPSA) is 86.8 Å². The molecule has 1 aliphatic rings. The summed E-state index contributed by atoms with van der Waals surface area (Å²) >= 11 is 6.34. The van der Waals surface area contributed by atoms with Gasteiger partial charge in [-0.1, -0.05) is 97.2 Å². The standard InChI is InChI=1S/C30H34ClN3O4S/c1-39(37,38)34(27-19-11-10-18-26(27)31)22-29(35)33(21-24-14-6-3-7-15-24)28(20-23-12-4-2-5-13-23)30(36)32-25-16-8-9-17-25/h2-7,10-15,18-19,25,28H,8-9,16-17,20-22H2,1H3,(H,32,36). The maximum atomic E-state index is 14.1. The molecule has 206 valence electrons. The highest BCUT2D eigenvalue weighted by Crippen LogP contribution is 2.28. The van der Waals surface area contributed by atoms with E-state index in [1.165, 1.54) is 4.90 Å². The number of hydrogen-bond acceptors (Lipinski definition) is 4. The molecular formula is C30H34ClN3O4S. The van der Waals surface area contributed by atoms with Gasteiger partial charge in [0.1, 0.15) is 12.6 Å². The Morgan fingerprint density at radius 3 is 2.05 bits per heavy atom. The molecule has 2 amide bonds. The Labute approximate surface area is 235 Å². The maximum Gasteiger partial charge on any atom is 0.244 e. The Bertz CT molecular complexity index is 1360. The van der Waals surface area contributed by atoms with Crippen LogP contribution in [0.15, 0.2) is 84.9 Å². The van der Waals surface area contributed by atoms with E-state index in [-0.39, 0.29) is 29.2 Å². The van der Waals surface area contributed by atoms with Crippen LogP contribution in [-0.4, -0.2) is 50.0 Å². The lowest BCUT2D eigenvalue weighted by Gasteiger charge is -2.34. The molecule has 39 heavy (non-hydrogen) atoms. The molecule has 1 aliphatic carbocycles. The van der Waals surface area contributed by atoms with E-state index in [1.54, 1.807) is 24.3 Å². The Hall–Kier alpha value is -3.36. The number of rotatable bonds is 11. The largest absolute Gasteiger partial charge is 0.352 e. The summed E-state index contributed by atoms with van der Waals surface area (Å²) < 4.78 is 26.7. The Morgan fingerprint density at radius 1 is 0.897 bits per heavy atom. The molecule has 0 aliphatic heterocycles. The van der Waals surface area contributed by atoms with Gasteiger partial charge in [0.05, 0.1) is 17.0 Å². The SMILES string of the molecule is CS(=O)(=O)N(CC(=O)N(Cc1ccccc1)C(Cc1ccccc1)C(=O)NC1CCCC1)c1ccccc1Cl. The van der Waals surface area contributed by atoms with Gasteiger partial charge in [-0.2, -0.15) is 0 Å². The van der Waals surface area contributed by atoms with Gasteiger partial charge in [0.2, 0.25) is 21.8 Å². The van der Waals surface area contributed by atoms with Gasteiger partial charge in [0.15, 0.2) is 0 Å². The minimum absolute atomic E-state index is 0.0695. The van der Waals surface area contributed by atoms with Gasteiger partial charge in [-0.25, -0.2) is 8.42 Å². The number of nitrogens with zero attached hydrogens (tertiary/aromatic N) is 2. The maximum absolute atomic E-state index is 14.1. The van der Waals surface area contributed by atoms with E-state index >= 15 is 0 Å². The van der Waals surface area contributed by atoms with Crippen molar-refractivity contribution in [3.05, 3.63) is 101 Å². The summed E-state index contributed by atoms with van der Waals surface area (Å²) in [4.78, 5) is 29.3. The van der Waals surface area contributed by atoms with Crippen molar-refractivity contribution in [3.8, 4) is 0 Å². The number of benzene rings is 3. The molecular weight excluding hydrogens is 534 g/mol. The van der Waals surface area contributed by atoms with E-state index in [0.29, 0.717) is 6.42 Å². The normalized spacial score (nSPS) is 14.5. The summed E-state index contributed by atoms with van der Waals surface area (Å²) in [5.74, 6) is -0.731. The average molecular weight is 568 g/mol. The number of hydrogen-bond donors (Lipinski definition) is 1. The first-order valence-corrected chi connectivity index (χ1v) is 15.3. The number of sulfonamides is 1. The highest BCUT2D eigenvalue weighted by molar-refractivity contribution is 7.92. The van der Waals surface area contributed by atoms with Gasteiger partial charge in [-0.05, 0) is 36.1 Å². The summed E-state index contributed by atoms with van der Waals surface area (Å²) in [5.41, 5.74) is 1.95. The van der Waals surface area contributed by atoms with Crippen molar-refractivity contribution < 1.29 is 18.0 Å². The molecule has 1 saturated carbocycles. The summed E-state index contributed by atoms with van der Waals surface area (Å²) in [6.45, 7) is -0.340. The molecule has 0 aromatic heterocycles. The van der Waals surface area contributed by atoms with E-state index < -0.39 is 28.5 Å². The zero-order valence-corrected chi connectivity index (χ0v) is 23.6. The van der Waals surface area contributed by atoms with Crippen LogP contribution in [0.3, 0.4) is 0 Å². The predicted molar refractivity (Wildman–Crippen MR) is 155 cm³/mol. The van der Waals surface area contributed by atoms with Crippen LogP contribution in [0.1, 0.15) is 36.8 Å². The van der Waals surface area contributed by atoms with Crippen molar-refractivity contribution in [2.45, 2.75) is 50.7 Å². The number of anilines is 1. The number of para-hydroxylation sites is 1. The quantitative estimate of drug-likeness (QED) is 0.360. The van der Waals surface area contributed by atoms with E-state index in [4.69, 9.17) is 11.6 Å². The van der Waals surface area contributed by atoms with Gasteiger partial charge in [0, 0.05) is 19.0 Å². The fourth-order valence-corrected chi connectivity index (χ4v) is 6.10. The second kappa shape index (κ2) is 13.1. The van der Waals surface area contributed by atoms with Crippen LogP contribution in [0.4, 0.5) is 5.69 Å². The zero-order valence-electron chi connectivity index (χ0n) is 22.0. The summed E-state index contributed by atoms with van der Waals surface area (Å²) in [7, 11) is -3.86. The fourth-order valence-electron chi connectivity index (χ4n) is 4.95. The lowest BCUT2D eigenvalue weighted by Crippen LogP contribution is -2.54. The first-order valence-electron chi connectivity index (χ1n) is 13.1. The molecule has 3 aromatic carbocycles. The number of halogens is 1.